The van der Waals surface area contributed by atoms with Crippen molar-refractivity contribution in [2.75, 3.05) is 20.2 Å². The van der Waals surface area contributed by atoms with Crippen LogP contribution in [-0.4, -0.2) is 25.8 Å². The molecular formula is C13H21NOS. The minimum atomic E-state index is 0.0729. The molecule has 1 aliphatic heterocycles. The minimum absolute atomic E-state index is 0.0729. The molecule has 0 amide bonds. The van der Waals surface area contributed by atoms with Gasteiger partial charge in [-0.1, -0.05) is 0 Å². The Morgan fingerprint density at radius 1 is 1.38 bits per heavy atom. The van der Waals surface area contributed by atoms with Crippen LogP contribution in [0.2, 0.25) is 0 Å². The highest BCUT2D eigenvalue weighted by Crippen LogP contribution is 2.31. The van der Waals surface area contributed by atoms with Crippen LogP contribution in [0.5, 0.6) is 0 Å². The molecule has 1 saturated heterocycles. The van der Waals surface area contributed by atoms with Crippen LogP contribution in [0.3, 0.4) is 0 Å². The van der Waals surface area contributed by atoms with E-state index in [-0.39, 0.29) is 5.60 Å². The van der Waals surface area contributed by atoms with E-state index in [0.29, 0.717) is 0 Å². The molecule has 1 aliphatic rings. The van der Waals surface area contributed by atoms with E-state index in [1.807, 2.05) is 18.4 Å². The molecule has 0 aliphatic carbocycles. The maximum atomic E-state index is 5.81. The second-order valence-electron chi connectivity index (χ2n) is 4.75. The van der Waals surface area contributed by atoms with Crippen LogP contribution in [0.4, 0.5) is 0 Å². The Balaban J connectivity index is 2.14. The van der Waals surface area contributed by atoms with Gasteiger partial charge in [0.05, 0.1) is 5.60 Å². The van der Waals surface area contributed by atoms with Gasteiger partial charge >= 0.3 is 0 Å². The van der Waals surface area contributed by atoms with E-state index >= 15 is 0 Å². The SMILES string of the molecule is COC1(Cc2cc(C)sc2C)CCNCC1. The Kier molecular flexibility index (Phi) is 3.67. The Morgan fingerprint density at radius 2 is 2.06 bits per heavy atom. The summed E-state index contributed by atoms with van der Waals surface area (Å²) in [7, 11) is 1.86. The monoisotopic (exact) mass is 239 g/mol. The average Bonchev–Trinajstić information content (AvgIpc) is 2.59. The fraction of sp³-hybridized carbons (Fsp3) is 0.692. The number of methoxy groups -OCH3 is 1. The summed E-state index contributed by atoms with van der Waals surface area (Å²) in [6.07, 6.45) is 3.32. The highest BCUT2D eigenvalue weighted by molar-refractivity contribution is 7.12. The lowest BCUT2D eigenvalue weighted by Crippen LogP contribution is -2.45. The number of hydrogen-bond acceptors (Lipinski definition) is 3. The van der Waals surface area contributed by atoms with Crippen molar-refractivity contribution >= 4 is 11.3 Å². The molecule has 2 heterocycles. The number of aryl methyl sites for hydroxylation is 2. The van der Waals surface area contributed by atoms with Crippen molar-refractivity contribution in [2.45, 2.75) is 38.7 Å². The number of piperidine rings is 1. The highest BCUT2D eigenvalue weighted by Gasteiger charge is 2.32. The zero-order chi connectivity index (χ0) is 11.6. The molecule has 1 fully saturated rings. The molecule has 0 bridgehead atoms. The van der Waals surface area contributed by atoms with Gasteiger partial charge in [-0.15, -0.1) is 11.3 Å². The lowest BCUT2D eigenvalue weighted by atomic mass is 9.86. The fourth-order valence-electron chi connectivity index (χ4n) is 2.54. The topological polar surface area (TPSA) is 21.3 Å². The number of nitrogens with one attached hydrogen (secondary N) is 1. The zero-order valence-electron chi connectivity index (χ0n) is 10.4. The zero-order valence-corrected chi connectivity index (χ0v) is 11.2. The van der Waals surface area contributed by atoms with Crippen LogP contribution in [0.1, 0.15) is 28.2 Å². The summed E-state index contributed by atoms with van der Waals surface area (Å²) >= 11 is 1.90. The summed E-state index contributed by atoms with van der Waals surface area (Å²) in [5.74, 6) is 0. The van der Waals surface area contributed by atoms with Gasteiger partial charge in [0.1, 0.15) is 0 Å². The molecule has 1 aromatic rings. The molecule has 0 unspecified atom stereocenters. The smallest absolute Gasteiger partial charge is 0.0743 e. The van der Waals surface area contributed by atoms with Crippen molar-refractivity contribution < 1.29 is 4.74 Å². The van der Waals surface area contributed by atoms with Crippen molar-refractivity contribution in [3.05, 3.63) is 21.4 Å². The van der Waals surface area contributed by atoms with E-state index in [0.717, 1.165) is 32.4 Å². The van der Waals surface area contributed by atoms with E-state index in [9.17, 15) is 0 Å². The molecule has 90 valence electrons. The summed E-state index contributed by atoms with van der Waals surface area (Å²) in [5.41, 5.74) is 1.55. The predicted molar refractivity (Wildman–Crippen MR) is 69.3 cm³/mol. The third-order valence-electron chi connectivity index (χ3n) is 3.60. The molecule has 1 N–H and O–H groups in total. The van der Waals surface area contributed by atoms with Gasteiger partial charge in [0.2, 0.25) is 0 Å². The molecule has 0 radical (unpaired) electrons. The molecule has 2 nitrogen and oxygen atoms in total. The third kappa shape index (κ3) is 2.47. The molecule has 3 heteroatoms. The predicted octanol–water partition coefficient (Wildman–Crippen LogP) is 2.68. The van der Waals surface area contributed by atoms with Crippen LogP contribution in [0, 0.1) is 13.8 Å². The number of rotatable bonds is 3. The van der Waals surface area contributed by atoms with Gasteiger partial charge in [-0.05, 0) is 51.4 Å². The van der Waals surface area contributed by atoms with Crippen LogP contribution >= 0.6 is 11.3 Å². The summed E-state index contributed by atoms with van der Waals surface area (Å²) in [6, 6.07) is 2.32. The van der Waals surface area contributed by atoms with Crippen LogP contribution < -0.4 is 5.32 Å². The van der Waals surface area contributed by atoms with E-state index in [4.69, 9.17) is 4.74 Å². The highest BCUT2D eigenvalue weighted by atomic mass is 32.1. The largest absolute Gasteiger partial charge is 0.378 e. The number of thiophene rings is 1. The average molecular weight is 239 g/mol. The first kappa shape index (κ1) is 12.1. The lowest BCUT2D eigenvalue weighted by Gasteiger charge is -2.36. The fourth-order valence-corrected chi connectivity index (χ4v) is 3.49. The van der Waals surface area contributed by atoms with E-state index < -0.39 is 0 Å². The van der Waals surface area contributed by atoms with Gasteiger partial charge < -0.3 is 10.1 Å². The van der Waals surface area contributed by atoms with Crippen molar-refractivity contribution in [3.63, 3.8) is 0 Å². The normalized spacial score (nSPS) is 19.9. The first-order valence-corrected chi connectivity index (χ1v) is 6.79. The second kappa shape index (κ2) is 4.86. The van der Waals surface area contributed by atoms with Crippen molar-refractivity contribution in [1.82, 2.24) is 5.32 Å². The van der Waals surface area contributed by atoms with Gasteiger partial charge in [-0.2, -0.15) is 0 Å². The van der Waals surface area contributed by atoms with Crippen molar-refractivity contribution in [3.8, 4) is 0 Å². The van der Waals surface area contributed by atoms with Crippen LogP contribution in [-0.2, 0) is 11.2 Å². The minimum Gasteiger partial charge on any atom is -0.378 e. The lowest BCUT2D eigenvalue weighted by molar-refractivity contribution is -0.0333. The van der Waals surface area contributed by atoms with Gasteiger partial charge in [0.25, 0.3) is 0 Å². The maximum Gasteiger partial charge on any atom is 0.0743 e. The molecule has 16 heavy (non-hydrogen) atoms. The summed E-state index contributed by atoms with van der Waals surface area (Å²) in [4.78, 5) is 2.86. The first-order chi connectivity index (χ1) is 7.65. The Labute approximate surface area is 102 Å². The summed E-state index contributed by atoms with van der Waals surface area (Å²) in [6.45, 7) is 6.56. The van der Waals surface area contributed by atoms with Gasteiger partial charge in [-0.25, -0.2) is 0 Å². The van der Waals surface area contributed by atoms with Crippen LogP contribution in [0.25, 0.3) is 0 Å². The second-order valence-corrected chi connectivity index (χ2v) is 6.21. The molecule has 1 aromatic heterocycles. The summed E-state index contributed by atoms with van der Waals surface area (Å²) in [5, 5.41) is 3.40. The quantitative estimate of drug-likeness (QED) is 0.875. The standard InChI is InChI=1S/C13H21NOS/c1-10-8-12(11(2)16-10)9-13(15-3)4-6-14-7-5-13/h8,14H,4-7,9H2,1-3H3. The molecular weight excluding hydrogens is 218 g/mol. The number of ether oxygens (including phenoxy) is 1. The van der Waals surface area contributed by atoms with E-state index in [2.05, 4.69) is 25.2 Å². The van der Waals surface area contributed by atoms with Gasteiger partial charge in [0.15, 0.2) is 0 Å². The molecule has 0 saturated carbocycles. The Bertz CT molecular complexity index is 353. The van der Waals surface area contributed by atoms with Gasteiger partial charge in [0, 0.05) is 23.3 Å². The first-order valence-electron chi connectivity index (χ1n) is 5.97. The van der Waals surface area contributed by atoms with Crippen molar-refractivity contribution in [1.29, 1.82) is 0 Å². The van der Waals surface area contributed by atoms with E-state index in [1.54, 1.807) is 0 Å². The molecule has 0 spiro atoms. The third-order valence-corrected chi connectivity index (χ3v) is 4.61. The van der Waals surface area contributed by atoms with Gasteiger partial charge in [-0.3, -0.25) is 0 Å². The Morgan fingerprint density at radius 3 is 2.56 bits per heavy atom. The van der Waals surface area contributed by atoms with Crippen LogP contribution in [0.15, 0.2) is 6.07 Å². The molecule has 2 rings (SSSR count). The van der Waals surface area contributed by atoms with E-state index in [1.165, 1.54) is 15.3 Å². The molecule has 0 aromatic carbocycles. The number of hydrogen-bond donors (Lipinski definition) is 1. The molecule has 0 atom stereocenters. The maximum absolute atomic E-state index is 5.81. The summed E-state index contributed by atoms with van der Waals surface area (Å²) < 4.78 is 5.81. The Hall–Kier alpha value is -0.380. The van der Waals surface area contributed by atoms with Crippen molar-refractivity contribution in [2.24, 2.45) is 0 Å².